The summed E-state index contributed by atoms with van der Waals surface area (Å²) in [6.45, 7) is 4.71. The molecule has 0 radical (unpaired) electrons. The summed E-state index contributed by atoms with van der Waals surface area (Å²) in [6.07, 6.45) is 11.8. The smallest absolute Gasteiger partial charge is 0.0121 e. The van der Waals surface area contributed by atoms with Crippen LogP contribution in [0.1, 0.15) is 57.9 Å². The summed E-state index contributed by atoms with van der Waals surface area (Å²) < 4.78 is 0. The van der Waals surface area contributed by atoms with E-state index in [-0.39, 0.29) is 0 Å². The molecule has 0 nitrogen and oxygen atoms in total. The highest BCUT2D eigenvalue weighted by Crippen LogP contribution is 2.44. The predicted octanol–water partition coefficient (Wildman–Crippen LogP) is 6.09. The molecule has 0 heterocycles. The standard InChI is InChI=1S/C21H28/c1-3-17-15-18(14-16-10-6-5-7-11-16)19(4-2)21-13-9-8-12-20(17)21/h5-7,10-11,15,18-19H,3-4,8-9,12-14H2,1-2H3/t18-,19-/m0/s1. The van der Waals surface area contributed by atoms with Crippen molar-refractivity contribution in [2.75, 3.05) is 0 Å². The van der Waals surface area contributed by atoms with Gasteiger partial charge in [-0.1, -0.05) is 55.8 Å². The van der Waals surface area contributed by atoms with E-state index in [1.807, 2.05) is 5.57 Å². The molecule has 0 spiro atoms. The molecular weight excluding hydrogens is 252 g/mol. The summed E-state index contributed by atoms with van der Waals surface area (Å²) in [5.74, 6) is 1.50. The second-order valence-corrected chi connectivity index (χ2v) is 6.62. The van der Waals surface area contributed by atoms with Gasteiger partial charge in [-0.15, -0.1) is 0 Å². The van der Waals surface area contributed by atoms with E-state index in [4.69, 9.17) is 0 Å². The van der Waals surface area contributed by atoms with Gasteiger partial charge in [0.05, 0.1) is 0 Å². The number of hydrogen-bond acceptors (Lipinski definition) is 0. The van der Waals surface area contributed by atoms with Crippen LogP contribution >= 0.6 is 0 Å². The lowest BCUT2D eigenvalue weighted by Gasteiger charge is -2.37. The fraction of sp³-hybridized carbons (Fsp3) is 0.524. The number of allylic oxidation sites excluding steroid dienone is 4. The minimum atomic E-state index is 0.712. The number of benzene rings is 1. The summed E-state index contributed by atoms with van der Waals surface area (Å²) in [6, 6.07) is 11.0. The molecule has 2 aliphatic rings. The molecule has 0 unspecified atom stereocenters. The Morgan fingerprint density at radius 3 is 2.48 bits per heavy atom. The molecule has 3 rings (SSSR count). The molecule has 0 heteroatoms. The molecule has 1 aromatic carbocycles. The van der Waals surface area contributed by atoms with Gasteiger partial charge in [-0.25, -0.2) is 0 Å². The normalized spacial score (nSPS) is 25.5. The van der Waals surface area contributed by atoms with Crippen molar-refractivity contribution in [1.82, 2.24) is 0 Å². The Morgan fingerprint density at radius 1 is 1.00 bits per heavy atom. The molecule has 2 aliphatic carbocycles. The van der Waals surface area contributed by atoms with E-state index in [2.05, 4.69) is 50.3 Å². The van der Waals surface area contributed by atoms with Crippen LogP contribution in [0.25, 0.3) is 0 Å². The maximum absolute atomic E-state index is 2.63. The Kier molecular flexibility index (Phi) is 4.63. The average Bonchev–Trinajstić information content (AvgIpc) is 2.55. The lowest BCUT2D eigenvalue weighted by atomic mass is 9.68. The highest BCUT2D eigenvalue weighted by molar-refractivity contribution is 5.42. The van der Waals surface area contributed by atoms with Crippen LogP contribution in [0.15, 0.2) is 53.1 Å². The van der Waals surface area contributed by atoms with Gasteiger partial charge in [0.1, 0.15) is 0 Å². The van der Waals surface area contributed by atoms with Crippen LogP contribution in [-0.4, -0.2) is 0 Å². The maximum Gasteiger partial charge on any atom is -0.0121 e. The van der Waals surface area contributed by atoms with Crippen LogP contribution in [0.3, 0.4) is 0 Å². The Balaban J connectivity index is 1.90. The van der Waals surface area contributed by atoms with E-state index in [9.17, 15) is 0 Å². The summed E-state index contributed by atoms with van der Waals surface area (Å²) in [4.78, 5) is 0. The monoisotopic (exact) mass is 280 g/mol. The van der Waals surface area contributed by atoms with Crippen molar-refractivity contribution < 1.29 is 0 Å². The van der Waals surface area contributed by atoms with Crippen LogP contribution in [0.4, 0.5) is 0 Å². The molecule has 0 N–H and O–H groups in total. The van der Waals surface area contributed by atoms with Gasteiger partial charge in [0.2, 0.25) is 0 Å². The third kappa shape index (κ3) is 3.00. The first kappa shape index (κ1) is 14.6. The molecule has 0 saturated heterocycles. The highest BCUT2D eigenvalue weighted by Gasteiger charge is 2.31. The van der Waals surface area contributed by atoms with Gasteiger partial charge >= 0.3 is 0 Å². The zero-order valence-corrected chi connectivity index (χ0v) is 13.6. The Bertz CT molecular complexity index is 532. The Hall–Kier alpha value is -1.30. The van der Waals surface area contributed by atoms with Gasteiger partial charge in [-0.2, -0.15) is 0 Å². The third-order valence-electron chi connectivity index (χ3n) is 5.41. The van der Waals surface area contributed by atoms with Crippen LogP contribution in [0.5, 0.6) is 0 Å². The van der Waals surface area contributed by atoms with E-state index in [0.717, 1.165) is 5.92 Å². The van der Waals surface area contributed by atoms with Crippen molar-refractivity contribution in [3.8, 4) is 0 Å². The van der Waals surface area contributed by atoms with E-state index < -0.39 is 0 Å². The van der Waals surface area contributed by atoms with Crippen molar-refractivity contribution in [2.24, 2.45) is 11.8 Å². The van der Waals surface area contributed by atoms with Gasteiger partial charge in [0, 0.05) is 0 Å². The third-order valence-corrected chi connectivity index (χ3v) is 5.41. The first-order valence-corrected chi connectivity index (χ1v) is 8.80. The van der Waals surface area contributed by atoms with Gasteiger partial charge in [0.25, 0.3) is 0 Å². The van der Waals surface area contributed by atoms with E-state index in [1.54, 1.807) is 11.1 Å². The minimum absolute atomic E-state index is 0.712. The second-order valence-electron chi connectivity index (χ2n) is 6.62. The predicted molar refractivity (Wildman–Crippen MR) is 91.3 cm³/mol. The van der Waals surface area contributed by atoms with Crippen LogP contribution in [0, 0.1) is 11.8 Å². The molecular formula is C21H28. The van der Waals surface area contributed by atoms with E-state index >= 15 is 0 Å². The lowest BCUT2D eigenvalue weighted by molar-refractivity contribution is 0.397. The average molecular weight is 280 g/mol. The Labute approximate surface area is 130 Å². The summed E-state index contributed by atoms with van der Waals surface area (Å²) in [5, 5.41) is 0. The molecule has 1 aromatic rings. The maximum atomic E-state index is 2.63. The SMILES string of the molecule is CCC1=C[C@H](Cc2ccccc2)[C@H](CC)C2=C1CCCC2. The molecule has 2 atom stereocenters. The van der Waals surface area contributed by atoms with Gasteiger partial charge in [-0.05, 0) is 73.5 Å². The molecule has 112 valence electrons. The lowest BCUT2D eigenvalue weighted by Crippen LogP contribution is -2.24. The van der Waals surface area contributed by atoms with Crippen molar-refractivity contribution in [1.29, 1.82) is 0 Å². The molecule has 21 heavy (non-hydrogen) atoms. The van der Waals surface area contributed by atoms with Crippen molar-refractivity contribution in [3.05, 3.63) is 58.7 Å². The number of rotatable bonds is 4. The summed E-state index contributed by atoms with van der Waals surface area (Å²) >= 11 is 0. The van der Waals surface area contributed by atoms with Gasteiger partial charge in [0.15, 0.2) is 0 Å². The molecule has 0 fully saturated rings. The zero-order chi connectivity index (χ0) is 14.7. The van der Waals surface area contributed by atoms with Crippen LogP contribution < -0.4 is 0 Å². The largest absolute Gasteiger partial charge is 0.0770 e. The quantitative estimate of drug-likeness (QED) is 0.626. The number of hydrogen-bond donors (Lipinski definition) is 0. The summed E-state index contributed by atoms with van der Waals surface area (Å²) in [7, 11) is 0. The fourth-order valence-corrected chi connectivity index (χ4v) is 4.41. The first-order chi connectivity index (χ1) is 10.3. The summed E-state index contributed by atoms with van der Waals surface area (Å²) in [5.41, 5.74) is 6.73. The minimum Gasteiger partial charge on any atom is -0.0770 e. The van der Waals surface area contributed by atoms with E-state index in [1.165, 1.54) is 50.5 Å². The van der Waals surface area contributed by atoms with Crippen molar-refractivity contribution in [3.63, 3.8) is 0 Å². The Morgan fingerprint density at radius 2 is 1.76 bits per heavy atom. The molecule has 0 amide bonds. The van der Waals surface area contributed by atoms with Crippen molar-refractivity contribution >= 4 is 0 Å². The topological polar surface area (TPSA) is 0 Å². The highest BCUT2D eigenvalue weighted by atomic mass is 14.4. The van der Waals surface area contributed by atoms with Crippen LogP contribution in [-0.2, 0) is 6.42 Å². The van der Waals surface area contributed by atoms with Gasteiger partial charge < -0.3 is 0 Å². The molecule has 0 aliphatic heterocycles. The van der Waals surface area contributed by atoms with E-state index in [0.29, 0.717) is 5.92 Å². The molecule has 0 saturated carbocycles. The fourth-order valence-electron chi connectivity index (χ4n) is 4.41. The van der Waals surface area contributed by atoms with Crippen molar-refractivity contribution in [2.45, 2.75) is 58.8 Å². The zero-order valence-electron chi connectivity index (χ0n) is 13.6. The van der Waals surface area contributed by atoms with Crippen LogP contribution in [0.2, 0.25) is 0 Å². The molecule has 0 aromatic heterocycles. The second kappa shape index (κ2) is 6.64. The molecule has 0 bridgehead atoms. The van der Waals surface area contributed by atoms with Gasteiger partial charge in [-0.3, -0.25) is 0 Å². The first-order valence-electron chi connectivity index (χ1n) is 8.80.